The van der Waals surface area contributed by atoms with Crippen LogP contribution in [-0.2, 0) is 4.53 Å². The molecule has 0 saturated heterocycles. The van der Waals surface area contributed by atoms with Crippen molar-refractivity contribution in [1.29, 1.82) is 0 Å². The molecule has 0 N–H and O–H groups in total. The molecule has 1 aromatic rings. The first-order chi connectivity index (χ1) is 7.52. The number of nitrogens with zero attached hydrogens (tertiary/aromatic N) is 1. The minimum atomic E-state index is -1.22. The molecule has 2 nitrogen and oxygen atoms in total. The van der Waals surface area contributed by atoms with E-state index in [0.29, 0.717) is 11.1 Å². The lowest BCUT2D eigenvalue weighted by Crippen LogP contribution is -2.23. The van der Waals surface area contributed by atoms with E-state index in [0.717, 1.165) is 5.71 Å². The second kappa shape index (κ2) is 6.20. The summed E-state index contributed by atoms with van der Waals surface area (Å²) in [7, 11) is -1.22. The first kappa shape index (κ1) is 13.5. The Kier molecular flexibility index (Phi) is 5.22. The second-order valence-corrected chi connectivity index (χ2v) is 9.47. The van der Waals surface area contributed by atoms with Crippen LogP contribution in [-0.4, -0.2) is 14.8 Å². The van der Waals surface area contributed by atoms with Crippen LogP contribution in [0.3, 0.4) is 0 Å². The van der Waals surface area contributed by atoms with Gasteiger partial charge in [-0.25, -0.2) is 0 Å². The van der Waals surface area contributed by atoms with E-state index < -0.39 is 9.04 Å². The van der Waals surface area contributed by atoms with Gasteiger partial charge in [0.25, 0.3) is 9.04 Å². The predicted molar refractivity (Wildman–Crippen MR) is 75.0 cm³/mol. The van der Waals surface area contributed by atoms with Crippen LogP contribution < -0.4 is 0 Å². The fourth-order valence-corrected chi connectivity index (χ4v) is 4.66. The smallest absolute Gasteiger partial charge is 0.277 e. The van der Waals surface area contributed by atoms with E-state index in [1.807, 2.05) is 13.0 Å². The largest absolute Gasteiger partial charge is 0.458 e. The number of hydrogen-bond donors (Lipinski definition) is 0. The molecule has 0 fully saturated rings. The molecule has 16 heavy (non-hydrogen) atoms. The fraction of sp³-hybridized carbons (Fsp3) is 0.583. The van der Waals surface area contributed by atoms with E-state index in [1.165, 1.54) is 4.88 Å². The Hall–Kier alpha value is -0.613. The number of hydrogen-bond acceptors (Lipinski definition) is 3. The van der Waals surface area contributed by atoms with Crippen LogP contribution >= 0.6 is 11.3 Å². The molecule has 0 saturated carbocycles. The standard InChI is InChI=1S/C12H21NOSSi/c1-9(2)16(10(3)4)14-13-11(5)12-7-6-8-15-12/h6-10,16H,1-5H3. The van der Waals surface area contributed by atoms with E-state index in [-0.39, 0.29) is 0 Å². The topological polar surface area (TPSA) is 21.6 Å². The van der Waals surface area contributed by atoms with Gasteiger partial charge in [-0.3, -0.25) is 0 Å². The lowest BCUT2D eigenvalue weighted by Gasteiger charge is -2.20. The normalized spacial score (nSPS) is 12.9. The molecule has 0 spiro atoms. The van der Waals surface area contributed by atoms with Gasteiger partial charge in [0.2, 0.25) is 0 Å². The molecule has 1 aromatic heterocycles. The highest BCUT2D eigenvalue weighted by Crippen LogP contribution is 2.21. The van der Waals surface area contributed by atoms with E-state index in [4.69, 9.17) is 4.53 Å². The number of thiophene rings is 1. The van der Waals surface area contributed by atoms with Gasteiger partial charge in [0.15, 0.2) is 0 Å². The van der Waals surface area contributed by atoms with Gasteiger partial charge >= 0.3 is 0 Å². The fourth-order valence-electron chi connectivity index (χ4n) is 1.68. The van der Waals surface area contributed by atoms with Crippen molar-refractivity contribution in [1.82, 2.24) is 0 Å². The van der Waals surface area contributed by atoms with Gasteiger partial charge in [0.1, 0.15) is 0 Å². The van der Waals surface area contributed by atoms with Crippen molar-refractivity contribution in [2.24, 2.45) is 5.16 Å². The summed E-state index contributed by atoms with van der Waals surface area (Å²) < 4.78 is 5.78. The Bertz CT molecular complexity index is 325. The zero-order valence-electron chi connectivity index (χ0n) is 10.7. The van der Waals surface area contributed by atoms with Crippen molar-refractivity contribution in [3.63, 3.8) is 0 Å². The van der Waals surface area contributed by atoms with Crippen molar-refractivity contribution in [2.45, 2.75) is 45.7 Å². The average molecular weight is 255 g/mol. The number of oxime groups is 1. The lowest BCUT2D eigenvalue weighted by atomic mass is 10.3. The quantitative estimate of drug-likeness (QED) is 0.442. The Morgan fingerprint density at radius 3 is 2.38 bits per heavy atom. The first-order valence-corrected chi connectivity index (χ1v) is 8.45. The van der Waals surface area contributed by atoms with Crippen molar-refractivity contribution < 1.29 is 4.53 Å². The summed E-state index contributed by atoms with van der Waals surface area (Å²) in [5, 5.41) is 6.36. The molecule has 0 atom stereocenters. The highest BCUT2D eigenvalue weighted by molar-refractivity contribution is 7.12. The zero-order chi connectivity index (χ0) is 12.1. The number of rotatable bonds is 5. The van der Waals surface area contributed by atoms with Crippen LogP contribution in [0.1, 0.15) is 39.5 Å². The van der Waals surface area contributed by atoms with Crippen LogP contribution in [0.2, 0.25) is 11.1 Å². The molecule has 0 bridgehead atoms. The molecule has 0 aliphatic carbocycles. The van der Waals surface area contributed by atoms with E-state index in [2.05, 4.69) is 44.3 Å². The summed E-state index contributed by atoms with van der Waals surface area (Å²) in [5.41, 5.74) is 2.24. The zero-order valence-corrected chi connectivity index (χ0v) is 12.7. The van der Waals surface area contributed by atoms with Gasteiger partial charge < -0.3 is 4.53 Å². The lowest BCUT2D eigenvalue weighted by molar-refractivity contribution is 0.330. The van der Waals surface area contributed by atoms with Gasteiger partial charge in [-0.05, 0) is 29.5 Å². The highest BCUT2D eigenvalue weighted by Gasteiger charge is 2.22. The van der Waals surface area contributed by atoms with Gasteiger partial charge in [-0.1, -0.05) is 33.8 Å². The first-order valence-electron chi connectivity index (χ1n) is 5.76. The Morgan fingerprint density at radius 2 is 1.94 bits per heavy atom. The summed E-state index contributed by atoms with van der Waals surface area (Å²) >= 11 is 1.70. The summed E-state index contributed by atoms with van der Waals surface area (Å²) in [6.07, 6.45) is 0. The molecule has 4 heteroatoms. The van der Waals surface area contributed by atoms with Crippen molar-refractivity contribution >= 4 is 26.1 Å². The molecule has 90 valence electrons. The predicted octanol–water partition coefficient (Wildman–Crippen LogP) is 4.03. The Labute approximate surface area is 104 Å². The minimum absolute atomic E-state index is 0.625. The second-order valence-electron chi connectivity index (χ2n) is 4.71. The Morgan fingerprint density at radius 1 is 1.31 bits per heavy atom. The van der Waals surface area contributed by atoms with Gasteiger partial charge in [0, 0.05) is 0 Å². The maximum absolute atomic E-state index is 5.78. The SMILES string of the molecule is CC(=NO[SiH](C(C)C)C(C)C)c1cccs1. The van der Waals surface area contributed by atoms with Crippen LogP contribution in [0.5, 0.6) is 0 Å². The summed E-state index contributed by atoms with van der Waals surface area (Å²) in [5.74, 6) is 0. The Balaban J connectivity index is 2.64. The van der Waals surface area contributed by atoms with E-state index in [1.54, 1.807) is 11.3 Å². The maximum Gasteiger partial charge on any atom is 0.277 e. The van der Waals surface area contributed by atoms with Gasteiger partial charge in [0.05, 0.1) is 10.6 Å². The van der Waals surface area contributed by atoms with Crippen molar-refractivity contribution in [2.75, 3.05) is 0 Å². The average Bonchev–Trinajstić information content (AvgIpc) is 2.69. The summed E-state index contributed by atoms with van der Waals surface area (Å²) in [6.45, 7) is 10.9. The monoisotopic (exact) mass is 255 g/mol. The molecule has 1 heterocycles. The minimum Gasteiger partial charge on any atom is -0.458 e. The third-order valence-corrected chi connectivity index (χ3v) is 6.46. The molecular formula is C12H21NOSSi. The molecule has 0 unspecified atom stereocenters. The third-order valence-electron chi connectivity index (χ3n) is 2.50. The van der Waals surface area contributed by atoms with Crippen molar-refractivity contribution in [3.8, 4) is 0 Å². The molecule has 0 aliphatic heterocycles. The van der Waals surface area contributed by atoms with Crippen LogP contribution in [0.15, 0.2) is 22.7 Å². The molecule has 0 radical (unpaired) electrons. The van der Waals surface area contributed by atoms with Crippen LogP contribution in [0, 0.1) is 0 Å². The van der Waals surface area contributed by atoms with Crippen LogP contribution in [0.4, 0.5) is 0 Å². The van der Waals surface area contributed by atoms with E-state index in [9.17, 15) is 0 Å². The summed E-state index contributed by atoms with van der Waals surface area (Å²) in [4.78, 5) is 1.19. The summed E-state index contributed by atoms with van der Waals surface area (Å²) in [6, 6.07) is 4.12. The van der Waals surface area contributed by atoms with E-state index >= 15 is 0 Å². The molecule has 0 amide bonds. The molecule has 0 aromatic carbocycles. The molecule has 1 rings (SSSR count). The van der Waals surface area contributed by atoms with Gasteiger partial charge in [-0.15, -0.1) is 16.5 Å². The van der Waals surface area contributed by atoms with Gasteiger partial charge in [-0.2, -0.15) is 0 Å². The maximum atomic E-state index is 5.78. The van der Waals surface area contributed by atoms with Crippen molar-refractivity contribution in [3.05, 3.63) is 22.4 Å². The highest BCUT2D eigenvalue weighted by atomic mass is 32.1. The third kappa shape index (κ3) is 3.76. The molecule has 0 aliphatic rings. The van der Waals surface area contributed by atoms with Crippen LogP contribution in [0.25, 0.3) is 0 Å². The molecular weight excluding hydrogens is 234 g/mol.